The lowest BCUT2D eigenvalue weighted by Gasteiger charge is -2.30. The highest BCUT2D eigenvalue weighted by molar-refractivity contribution is 6.46. The van der Waals surface area contributed by atoms with Gasteiger partial charge in [0.1, 0.15) is 5.75 Å². The number of nitrogens with one attached hydrogen (secondary N) is 1. The summed E-state index contributed by atoms with van der Waals surface area (Å²) in [6, 6.07) is 5.53. The summed E-state index contributed by atoms with van der Waals surface area (Å²) in [4.78, 5) is 12.4. The van der Waals surface area contributed by atoms with Crippen molar-refractivity contribution in [2.75, 3.05) is 0 Å². The van der Waals surface area contributed by atoms with Gasteiger partial charge in [0.2, 0.25) is 5.91 Å². The number of benzene rings is 1. The van der Waals surface area contributed by atoms with Gasteiger partial charge in [-0.1, -0.05) is 25.1 Å². The number of fused-ring (bicyclic) bond motifs is 1. The van der Waals surface area contributed by atoms with Crippen LogP contribution in [0.4, 0.5) is 0 Å². The molecule has 0 spiro atoms. The van der Waals surface area contributed by atoms with E-state index in [0.717, 1.165) is 12.0 Å². The van der Waals surface area contributed by atoms with Crippen LogP contribution in [0, 0.1) is 11.8 Å². The van der Waals surface area contributed by atoms with Crippen LogP contribution < -0.4 is 15.7 Å². The van der Waals surface area contributed by atoms with E-state index in [1.165, 1.54) is 0 Å². The average molecular weight is 318 g/mol. The van der Waals surface area contributed by atoms with Gasteiger partial charge in [0.25, 0.3) is 0 Å². The summed E-state index contributed by atoms with van der Waals surface area (Å²) < 4.78 is 5.53. The van der Waals surface area contributed by atoms with Gasteiger partial charge in [-0.2, -0.15) is 0 Å². The van der Waals surface area contributed by atoms with Crippen molar-refractivity contribution in [1.82, 2.24) is 5.32 Å². The number of para-hydroxylation sites is 1. The Balaban J connectivity index is 1.68. The van der Waals surface area contributed by atoms with Gasteiger partial charge in [-0.15, -0.1) is 0 Å². The maximum Gasteiger partial charge on any atom is 0.547 e. The number of rotatable bonds is 3. The number of hydrogen-bond donors (Lipinski definition) is 4. The molecule has 0 radical (unpaired) electrons. The molecule has 0 aromatic heterocycles. The summed E-state index contributed by atoms with van der Waals surface area (Å²) in [5, 5.41) is 22.4. The molecule has 0 saturated heterocycles. The molecule has 2 aliphatic rings. The van der Waals surface area contributed by atoms with Crippen LogP contribution in [0.1, 0.15) is 30.9 Å². The summed E-state index contributed by atoms with van der Waals surface area (Å²) in [7, 11) is -1.12. The molecule has 1 saturated carbocycles. The molecule has 1 amide bonds. The van der Waals surface area contributed by atoms with Crippen molar-refractivity contribution in [2.45, 2.75) is 44.8 Å². The number of aliphatic hydroxyl groups excluding tert-OH is 1. The number of hydrogen-bond acceptors (Lipinski definition) is 5. The van der Waals surface area contributed by atoms with Crippen molar-refractivity contribution in [3.05, 3.63) is 29.3 Å². The largest absolute Gasteiger partial charge is 0.547 e. The van der Waals surface area contributed by atoms with Crippen LogP contribution in [0.25, 0.3) is 0 Å². The minimum atomic E-state index is -1.12. The molecule has 1 aromatic rings. The van der Waals surface area contributed by atoms with E-state index in [2.05, 4.69) is 12.2 Å². The zero-order valence-corrected chi connectivity index (χ0v) is 13.2. The summed E-state index contributed by atoms with van der Waals surface area (Å²) in [5.74, 6) is 0.197. The monoisotopic (exact) mass is 318 g/mol. The molecule has 0 bridgehead atoms. The Kier molecular flexibility index (Phi) is 4.61. The molecule has 1 aliphatic carbocycles. The number of carbonyl (C=O) groups is 1. The van der Waals surface area contributed by atoms with Crippen molar-refractivity contribution in [1.29, 1.82) is 0 Å². The Morgan fingerprint density at radius 1 is 1.48 bits per heavy atom. The van der Waals surface area contributed by atoms with Crippen LogP contribution in [0.3, 0.4) is 0 Å². The van der Waals surface area contributed by atoms with Gasteiger partial charge < -0.3 is 25.8 Å². The van der Waals surface area contributed by atoms with Crippen LogP contribution in [-0.2, 0) is 17.8 Å². The highest BCUT2D eigenvalue weighted by Crippen LogP contribution is 2.32. The first-order valence-electron chi connectivity index (χ1n) is 8.12. The topological polar surface area (TPSA) is 105 Å². The molecule has 23 heavy (non-hydrogen) atoms. The molecule has 5 N–H and O–H groups in total. The number of aliphatic hydroxyl groups is 1. The molecule has 7 heteroatoms. The van der Waals surface area contributed by atoms with Crippen LogP contribution >= 0.6 is 0 Å². The van der Waals surface area contributed by atoms with E-state index < -0.39 is 13.1 Å². The molecule has 4 unspecified atom stereocenters. The number of amides is 1. The lowest BCUT2D eigenvalue weighted by atomic mass is 9.72. The minimum Gasteiger partial charge on any atom is -0.534 e. The maximum absolute atomic E-state index is 12.4. The molecule has 3 rings (SSSR count). The Hall–Kier alpha value is -1.57. The first-order valence-corrected chi connectivity index (χ1v) is 8.12. The lowest BCUT2D eigenvalue weighted by Crippen LogP contribution is -2.54. The lowest BCUT2D eigenvalue weighted by molar-refractivity contribution is -0.125. The standard InChI is InChI=1S/C16H23BN2O4/c1-9-5-12(6-13(9)18)16(21)19-14-7-10-3-2-4-11(8-20)15(10)23-17(14)22/h2-4,9,12-14,20,22H,5-8,18H2,1H3,(H,19,21). The van der Waals surface area contributed by atoms with Gasteiger partial charge >= 0.3 is 7.12 Å². The van der Waals surface area contributed by atoms with Crippen molar-refractivity contribution < 1.29 is 19.6 Å². The molecule has 1 aliphatic heterocycles. The van der Waals surface area contributed by atoms with Gasteiger partial charge in [0.15, 0.2) is 0 Å². The van der Waals surface area contributed by atoms with E-state index in [4.69, 9.17) is 10.4 Å². The third-order valence-corrected chi connectivity index (χ3v) is 5.01. The fraction of sp³-hybridized carbons (Fsp3) is 0.562. The summed E-state index contributed by atoms with van der Waals surface area (Å²) in [6.07, 6.45) is 1.94. The predicted molar refractivity (Wildman–Crippen MR) is 86.5 cm³/mol. The van der Waals surface area contributed by atoms with Crippen molar-refractivity contribution >= 4 is 13.0 Å². The molecular weight excluding hydrogens is 295 g/mol. The maximum atomic E-state index is 12.4. The van der Waals surface area contributed by atoms with Gasteiger partial charge in [-0.3, -0.25) is 4.79 Å². The summed E-state index contributed by atoms with van der Waals surface area (Å²) >= 11 is 0. The van der Waals surface area contributed by atoms with Crippen molar-refractivity contribution in [3.63, 3.8) is 0 Å². The molecule has 1 heterocycles. The zero-order chi connectivity index (χ0) is 16.6. The Bertz CT molecular complexity index is 587. The second-order valence-corrected chi connectivity index (χ2v) is 6.70. The molecule has 4 atom stereocenters. The van der Waals surface area contributed by atoms with Crippen molar-refractivity contribution in [3.8, 4) is 5.75 Å². The van der Waals surface area contributed by atoms with Gasteiger partial charge in [-0.05, 0) is 30.7 Å². The normalized spacial score (nSPS) is 29.8. The Morgan fingerprint density at radius 3 is 2.91 bits per heavy atom. The van der Waals surface area contributed by atoms with Gasteiger partial charge in [0, 0.05) is 17.5 Å². The molecule has 1 fully saturated rings. The molecular formula is C16H23BN2O4. The van der Waals surface area contributed by atoms with Crippen molar-refractivity contribution in [2.24, 2.45) is 17.6 Å². The fourth-order valence-corrected chi connectivity index (χ4v) is 3.53. The highest BCUT2D eigenvalue weighted by Gasteiger charge is 2.40. The second kappa shape index (κ2) is 6.51. The van der Waals surface area contributed by atoms with E-state index in [0.29, 0.717) is 30.1 Å². The quantitative estimate of drug-likeness (QED) is 0.587. The molecule has 1 aromatic carbocycles. The van der Waals surface area contributed by atoms with Crippen LogP contribution in [0.5, 0.6) is 5.75 Å². The third kappa shape index (κ3) is 3.22. The molecule has 6 nitrogen and oxygen atoms in total. The highest BCUT2D eigenvalue weighted by atomic mass is 16.5. The summed E-state index contributed by atoms with van der Waals surface area (Å²) in [6.45, 7) is 1.91. The van der Waals surface area contributed by atoms with Gasteiger partial charge in [0.05, 0.1) is 12.5 Å². The zero-order valence-electron chi connectivity index (χ0n) is 13.2. The summed E-state index contributed by atoms with van der Waals surface area (Å²) in [5.41, 5.74) is 7.50. The Morgan fingerprint density at radius 2 is 2.26 bits per heavy atom. The first-order chi connectivity index (χ1) is 11.0. The number of carbonyl (C=O) groups excluding carboxylic acids is 1. The van der Waals surface area contributed by atoms with E-state index in [1.54, 1.807) is 6.07 Å². The third-order valence-electron chi connectivity index (χ3n) is 5.01. The fourth-order valence-electron chi connectivity index (χ4n) is 3.53. The van der Waals surface area contributed by atoms with Crippen LogP contribution in [-0.4, -0.2) is 35.1 Å². The van der Waals surface area contributed by atoms with Gasteiger partial charge in [-0.25, -0.2) is 0 Å². The molecule has 124 valence electrons. The van der Waals surface area contributed by atoms with Crippen LogP contribution in [0.2, 0.25) is 0 Å². The second-order valence-electron chi connectivity index (χ2n) is 6.70. The SMILES string of the molecule is CC1CC(C(=O)NC2Cc3cccc(CO)c3OB2O)CC1N. The average Bonchev–Trinajstić information content (AvgIpc) is 2.87. The van der Waals surface area contributed by atoms with E-state index in [-0.39, 0.29) is 24.5 Å². The Labute approximate surface area is 136 Å². The van der Waals surface area contributed by atoms with E-state index in [1.807, 2.05) is 12.1 Å². The van der Waals surface area contributed by atoms with E-state index >= 15 is 0 Å². The van der Waals surface area contributed by atoms with Crippen LogP contribution in [0.15, 0.2) is 18.2 Å². The number of nitrogens with two attached hydrogens (primary N) is 1. The first kappa shape index (κ1) is 16.3. The predicted octanol–water partition coefficient (Wildman–Crippen LogP) is -0.00830. The minimum absolute atomic E-state index is 0.0612. The smallest absolute Gasteiger partial charge is 0.534 e. The van der Waals surface area contributed by atoms with E-state index in [9.17, 15) is 14.9 Å².